The fraction of sp³-hybridized carbons (Fsp3) is 0.524. The van der Waals surface area contributed by atoms with E-state index in [-0.39, 0.29) is 55.7 Å². The number of nitrogens with one attached hydrogen (secondary N) is 1. The van der Waals surface area contributed by atoms with Crippen molar-refractivity contribution in [2.75, 3.05) is 18.0 Å². The SMILES string of the molecule is CC(C)OC(=O)CCNC(=O)CCN1C(=O)c2ccccc2N2C(=O)CCC12C. The van der Waals surface area contributed by atoms with Crippen LogP contribution < -0.4 is 10.2 Å². The van der Waals surface area contributed by atoms with Gasteiger partial charge in [-0.3, -0.25) is 24.1 Å². The van der Waals surface area contributed by atoms with E-state index in [2.05, 4.69) is 5.32 Å². The third-order valence-corrected chi connectivity index (χ3v) is 5.33. The molecule has 156 valence electrons. The quantitative estimate of drug-likeness (QED) is 0.704. The first-order valence-electron chi connectivity index (χ1n) is 9.94. The lowest BCUT2D eigenvalue weighted by Crippen LogP contribution is -2.62. The number of hydrogen-bond donors (Lipinski definition) is 1. The Morgan fingerprint density at radius 3 is 2.66 bits per heavy atom. The molecule has 1 aromatic rings. The Balaban J connectivity index is 1.63. The molecule has 1 unspecified atom stereocenters. The van der Waals surface area contributed by atoms with Crippen molar-refractivity contribution in [3.05, 3.63) is 29.8 Å². The van der Waals surface area contributed by atoms with E-state index >= 15 is 0 Å². The monoisotopic (exact) mass is 401 g/mol. The second-order valence-electron chi connectivity index (χ2n) is 7.81. The van der Waals surface area contributed by atoms with Gasteiger partial charge < -0.3 is 15.0 Å². The van der Waals surface area contributed by atoms with E-state index in [1.807, 2.05) is 13.0 Å². The summed E-state index contributed by atoms with van der Waals surface area (Å²) >= 11 is 0. The number of fused-ring (bicyclic) bond motifs is 3. The van der Waals surface area contributed by atoms with E-state index in [0.717, 1.165) is 0 Å². The highest BCUT2D eigenvalue weighted by molar-refractivity contribution is 6.10. The van der Waals surface area contributed by atoms with Crippen LogP contribution >= 0.6 is 0 Å². The molecular formula is C21H27N3O5. The smallest absolute Gasteiger partial charge is 0.307 e. The Morgan fingerprint density at radius 2 is 1.93 bits per heavy atom. The summed E-state index contributed by atoms with van der Waals surface area (Å²) in [5, 5.41) is 2.68. The molecule has 1 N–H and O–H groups in total. The molecule has 8 heteroatoms. The Bertz CT molecular complexity index is 837. The molecule has 1 atom stereocenters. The van der Waals surface area contributed by atoms with Crippen LogP contribution in [0.25, 0.3) is 0 Å². The minimum Gasteiger partial charge on any atom is -0.463 e. The van der Waals surface area contributed by atoms with E-state index in [4.69, 9.17) is 4.74 Å². The number of amides is 3. The van der Waals surface area contributed by atoms with Gasteiger partial charge in [0, 0.05) is 25.9 Å². The molecule has 2 heterocycles. The van der Waals surface area contributed by atoms with Crippen LogP contribution in [0.15, 0.2) is 24.3 Å². The predicted octanol–water partition coefficient (Wildman–Crippen LogP) is 1.83. The van der Waals surface area contributed by atoms with Crippen molar-refractivity contribution in [2.45, 2.75) is 58.2 Å². The van der Waals surface area contributed by atoms with Crippen molar-refractivity contribution in [1.82, 2.24) is 10.2 Å². The largest absolute Gasteiger partial charge is 0.463 e. The fourth-order valence-corrected chi connectivity index (χ4v) is 3.97. The molecule has 3 rings (SSSR count). The maximum absolute atomic E-state index is 13.1. The summed E-state index contributed by atoms with van der Waals surface area (Å²) in [5.41, 5.74) is 0.327. The Labute approximate surface area is 170 Å². The van der Waals surface area contributed by atoms with E-state index in [1.54, 1.807) is 41.8 Å². The Hall–Kier alpha value is -2.90. The van der Waals surface area contributed by atoms with E-state index < -0.39 is 5.66 Å². The molecule has 0 saturated carbocycles. The zero-order valence-electron chi connectivity index (χ0n) is 17.1. The number of hydrogen-bond acceptors (Lipinski definition) is 5. The Morgan fingerprint density at radius 1 is 1.21 bits per heavy atom. The summed E-state index contributed by atoms with van der Waals surface area (Å²) in [7, 11) is 0. The number of carbonyl (C=O) groups excluding carboxylic acids is 4. The molecule has 0 spiro atoms. The summed E-state index contributed by atoms with van der Waals surface area (Å²) in [6.45, 7) is 5.77. The standard InChI is InChI=1S/C21H27N3O5/c1-14(2)29-19(27)9-12-22-17(25)10-13-23-20(28)15-6-4-5-7-16(15)24-18(26)8-11-21(23,24)3/h4-7,14H,8-13H2,1-3H3,(H,22,25). The minimum atomic E-state index is -0.774. The molecule has 0 aromatic heterocycles. The molecule has 0 bridgehead atoms. The number of benzene rings is 1. The number of para-hydroxylation sites is 1. The third kappa shape index (κ3) is 4.11. The van der Waals surface area contributed by atoms with Crippen LogP contribution in [-0.4, -0.2) is 53.4 Å². The summed E-state index contributed by atoms with van der Waals surface area (Å²) in [5.74, 6) is -0.822. The first-order chi connectivity index (χ1) is 13.7. The van der Waals surface area contributed by atoms with Crippen LogP contribution in [0.4, 0.5) is 5.69 Å². The average molecular weight is 401 g/mol. The van der Waals surface area contributed by atoms with Crippen molar-refractivity contribution in [3.8, 4) is 0 Å². The van der Waals surface area contributed by atoms with Crippen LogP contribution in [0, 0.1) is 0 Å². The normalized spacial score (nSPS) is 20.6. The highest BCUT2D eigenvalue weighted by Gasteiger charge is 2.52. The summed E-state index contributed by atoms with van der Waals surface area (Å²) < 4.78 is 5.02. The van der Waals surface area contributed by atoms with Gasteiger partial charge in [-0.15, -0.1) is 0 Å². The molecule has 2 aliphatic rings. The second-order valence-corrected chi connectivity index (χ2v) is 7.81. The molecule has 0 aliphatic carbocycles. The van der Waals surface area contributed by atoms with Gasteiger partial charge in [0.15, 0.2) is 0 Å². The first kappa shape index (κ1) is 20.8. The zero-order chi connectivity index (χ0) is 21.2. The van der Waals surface area contributed by atoms with Gasteiger partial charge in [-0.05, 0) is 39.3 Å². The Kier molecular flexibility index (Phi) is 5.91. The minimum absolute atomic E-state index is 0.0226. The molecule has 0 radical (unpaired) electrons. The number of nitrogens with zero attached hydrogens (tertiary/aromatic N) is 2. The molecule has 2 aliphatic heterocycles. The van der Waals surface area contributed by atoms with E-state index in [0.29, 0.717) is 24.1 Å². The second kappa shape index (κ2) is 8.23. The summed E-state index contributed by atoms with van der Waals surface area (Å²) in [6.07, 6.45) is 0.877. The zero-order valence-corrected chi connectivity index (χ0v) is 17.1. The van der Waals surface area contributed by atoms with Gasteiger partial charge in [0.2, 0.25) is 11.8 Å². The average Bonchev–Trinajstić information content (AvgIpc) is 2.96. The van der Waals surface area contributed by atoms with Crippen molar-refractivity contribution < 1.29 is 23.9 Å². The van der Waals surface area contributed by atoms with Gasteiger partial charge in [-0.25, -0.2) is 0 Å². The van der Waals surface area contributed by atoms with E-state index in [1.165, 1.54) is 0 Å². The van der Waals surface area contributed by atoms with Crippen molar-refractivity contribution >= 4 is 29.4 Å². The molecule has 1 fully saturated rings. The summed E-state index contributed by atoms with van der Waals surface area (Å²) in [4.78, 5) is 52.7. The van der Waals surface area contributed by atoms with Crippen LogP contribution in [-0.2, 0) is 19.1 Å². The lowest BCUT2D eigenvalue weighted by atomic mass is 9.98. The lowest BCUT2D eigenvalue weighted by Gasteiger charge is -2.48. The van der Waals surface area contributed by atoms with Crippen LogP contribution in [0.3, 0.4) is 0 Å². The van der Waals surface area contributed by atoms with Gasteiger partial charge in [0.1, 0.15) is 5.66 Å². The van der Waals surface area contributed by atoms with Crippen molar-refractivity contribution in [2.24, 2.45) is 0 Å². The first-order valence-corrected chi connectivity index (χ1v) is 9.94. The number of esters is 1. The van der Waals surface area contributed by atoms with Crippen LogP contribution in [0.2, 0.25) is 0 Å². The maximum Gasteiger partial charge on any atom is 0.307 e. The number of carbonyl (C=O) groups is 4. The molecule has 1 saturated heterocycles. The van der Waals surface area contributed by atoms with E-state index in [9.17, 15) is 19.2 Å². The van der Waals surface area contributed by atoms with Crippen molar-refractivity contribution in [1.29, 1.82) is 0 Å². The van der Waals surface area contributed by atoms with Crippen molar-refractivity contribution in [3.63, 3.8) is 0 Å². The molecule has 1 aromatic carbocycles. The van der Waals surface area contributed by atoms with Gasteiger partial charge in [-0.1, -0.05) is 12.1 Å². The van der Waals surface area contributed by atoms with Gasteiger partial charge >= 0.3 is 5.97 Å². The van der Waals surface area contributed by atoms with Gasteiger partial charge in [0.05, 0.1) is 23.8 Å². The third-order valence-electron chi connectivity index (χ3n) is 5.33. The number of rotatable bonds is 7. The molecule has 8 nitrogen and oxygen atoms in total. The van der Waals surface area contributed by atoms with Gasteiger partial charge in [0.25, 0.3) is 5.91 Å². The summed E-state index contributed by atoms with van der Waals surface area (Å²) in [6, 6.07) is 7.07. The lowest BCUT2D eigenvalue weighted by molar-refractivity contribution is -0.147. The predicted molar refractivity (Wildman–Crippen MR) is 106 cm³/mol. The number of anilines is 1. The topological polar surface area (TPSA) is 96.0 Å². The molecule has 29 heavy (non-hydrogen) atoms. The number of ether oxygens (including phenoxy) is 1. The highest BCUT2D eigenvalue weighted by Crippen LogP contribution is 2.43. The highest BCUT2D eigenvalue weighted by atomic mass is 16.5. The van der Waals surface area contributed by atoms with Gasteiger partial charge in [-0.2, -0.15) is 0 Å². The molecule has 3 amide bonds. The maximum atomic E-state index is 13.1. The van der Waals surface area contributed by atoms with Crippen LogP contribution in [0.1, 0.15) is 56.8 Å². The fourth-order valence-electron chi connectivity index (χ4n) is 3.97. The van der Waals surface area contributed by atoms with Crippen LogP contribution in [0.5, 0.6) is 0 Å². The molecular weight excluding hydrogens is 374 g/mol.